The van der Waals surface area contributed by atoms with Gasteiger partial charge in [0.15, 0.2) is 0 Å². The summed E-state index contributed by atoms with van der Waals surface area (Å²) in [6, 6.07) is 13.6. The molecule has 4 aliphatic rings. The third kappa shape index (κ3) is 4.59. The molecule has 7 rings (SSSR count). The topological polar surface area (TPSA) is 59.4 Å². The van der Waals surface area contributed by atoms with Crippen molar-refractivity contribution in [2.45, 2.75) is 69.9 Å². The van der Waals surface area contributed by atoms with Crippen molar-refractivity contribution in [3.8, 4) is 0 Å². The molecule has 1 amide bonds. The zero-order valence-electron chi connectivity index (χ0n) is 22.1. The van der Waals surface area contributed by atoms with Crippen LogP contribution in [0.15, 0.2) is 36.4 Å². The van der Waals surface area contributed by atoms with Crippen molar-refractivity contribution in [3.63, 3.8) is 0 Å². The fourth-order valence-electron chi connectivity index (χ4n) is 6.74. The molecule has 2 aromatic carbocycles. The number of fused-ring (bicyclic) bond motifs is 2. The summed E-state index contributed by atoms with van der Waals surface area (Å²) in [4.78, 5) is 19.9. The second-order valence-corrected chi connectivity index (χ2v) is 12.0. The van der Waals surface area contributed by atoms with Crippen LogP contribution in [0.2, 0.25) is 0 Å². The number of ether oxygens (including phenoxy) is 1. The van der Waals surface area contributed by atoms with E-state index in [1.807, 2.05) is 7.11 Å². The van der Waals surface area contributed by atoms with Gasteiger partial charge in [-0.15, -0.1) is 0 Å². The van der Waals surface area contributed by atoms with Crippen LogP contribution in [-0.4, -0.2) is 53.2 Å². The zero-order valence-corrected chi connectivity index (χ0v) is 22.1. The van der Waals surface area contributed by atoms with Gasteiger partial charge in [-0.3, -0.25) is 4.79 Å². The van der Waals surface area contributed by atoms with Gasteiger partial charge in [-0.05, 0) is 98.7 Å². The van der Waals surface area contributed by atoms with E-state index in [2.05, 4.69) is 58.1 Å². The molecule has 37 heavy (non-hydrogen) atoms. The van der Waals surface area contributed by atoms with E-state index in [4.69, 9.17) is 9.72 Å². The molecule has 1 N–H and O–H groups in total. The summed E-state index contributed by atoms with van der Waals surface area (Å²) in [5.41, 5.74) is 7.49. The van der Waals surface area contributed by atoms with Gasteiger partial charge in [0.25, 0.3) is 0 Å². The van der Waals surface area contributed by atoms with Crippen LogP contribution in [0.3, 0.4) is 0 Å². The highest BCUT2D eigenvalue weighted by Gasteiger charge is 2.38. The number of nitrogens with one attached hydrogen (secondary N) is 1. The predicted octanol–water partition coefficient (Wildman–Crippen LogP) is 5.25. The van der Waals surface area contributed by atoms with Crippen molar-refractivity contribution in [2.24, 2.45) is 11.8 Å². The molecule has 6 heteroatoms. The highest BCUT2D eigenvalue weighted by molar-refractivity contribution is 5.94. The van der Waals surface area contributed by atoms with Crippen molar-refractivity contribution < 1.29 is 9.53 Å². The van der Waals surface area contributed by atoms with Gasteiger partial charge in [0.2, 0.25) is 5.91 Å². The summed E-state index contributed by atoms with van der Waals surface area (Å²) in [6.07, 6.45) is 8.07. The minimum atomic E-state index is 0.165. The van der Waals surface area contributed by atoms with Crippen molar-refractivity contribution in [3.05, 3.63) is 58.9 Å². The monoisotopic (exact) mass is 498 g/mol. The van der Waals surface area contributed by atoms with Crippen LogP contribution in [0.5, 0.6) is 0 Å². The fraction of sp³-hybridized carbons (Fsp3) is 0.548. The number of benzene rings is 2. The first-order valence-electron chi connectivity index (χ1n) is 14.2. The molecule has 3 aliphatic carbocycles. The third-order valence-electron chi connectivity index (χ3n) is 9.01. The SMILES string of the molecule is CO[C@@H]1CN(C[C@@H]2Cc3ccc(NC(=O)C4CC4)cc3C2)CC[C@H]1n1c(C2CC2)nc2cc(C)ccc21. The smallest absolute Gasteiger partial charge is 0.227 e. The summed E-state index contributed by atoms with van der Waals surface area (Å²) in [5, 5.41) is 3.12. The van der Waals surface area contributed by atoms with Crippen molar-refractivity contribution in [2.75, 3.05) is 32.1 Å². The van der Waals surface area contributed by atoms with E-state index in [0.717, 1.165) is 62.9 Å². The molecular formula is C31H38N4O2. The Labute approximate surface area is 219 Å². The number of nitrogens with zero attached hydrogens (tertiary/aromatic N) is 3. The predicted molar refractivity (Wildman–Crippen MR) is 146 cm³/mol. The lowest BCUT2D eigenvalue weighted by molar-refractivity contribution is -0.117. The molecule has 1 saturated heterocycles. The van der Waals surface area contributed by atoms with Crippen LogP contribution in [-0.2, 0) is 22.4 Å². The fourth-order valence-corrected chi connectivity index (χ4v) is 6.74. The Kier molecular flexibility index (Phi) is 5.85. The first kappa shape index (κ1) is 23.4. The molecule has 3 atom stereocenters. The molecule has 3 aromatic rings. The van der Waals surface area contributed by atoms with E-state index >= 15 is 0 Å². The first-order valence-corrected chi connectivity index (χ1v) is 14.2. The summed E-state index contributed by atoms with van der Waals surface area (Å²) in [7, 11) is 1.88. The average Bonchev–Trinajstić information content (AvgIpc) is 3.82. The molecule has 2 heterocycles. The molecule has 0 radical (unpaired) electrons. The largest absolute Gasteiger partial charge is 0.378 e. The summed E-state index contributed by atoms with van der Waals surface area (Å²) in [5.74, 6) is 2.93. The Balaban J connectivity index is 1.03. The van der Waals surface area contributed by atoms with Crippen LogP contribution in [0.25, 0.3) is 11.0 Å². The van der Waals surface area contributed by atoms with Gasteiger partial charge in [-0.1, -0.05) is 12.1 Å². The molecule has 2 saturated carbocycles. The molecule has 0 bridgehead atoms. The third-order valence-corrected chi connectivity index (χ3v) is 9.01. The van der Waals surface area contributed by atoms with Gasteiger partial charge in [0, 0.05) is 44.3 Å². The number of piperidine rings is 1. The number of rotatable bonds is 7. The number of carbonyl (C=O) groups excluding carboxylic acids is 1. The quantitative estimate of drug-likeness (QED) is 0.484. The van der Waals surface area contributed by atoms with E-state index < -0.39 is 0 Å². The zero-order chi connectivity index (χ0) is 25.1. The lowest BCUT2D eigenvalue weighted by Gasteiger charge is -2.40. The molecule has 0 spiro atoms. The number of hydrogen-bond acceptors (Lipinski definition) is 4. The second-order valence-electron chi connectivity index (χ2n) is 12.0. The Morgan fingerprint density at radius 2 is 1.89 bits per heavy atom. The van der Waals surface area contributed by atoms with Gasteiger partial charge in [0.05, 0.1) is 23.2 Å². The maximum absolute atomic E-state index is 12.2. The van der Waals surface area contributed by atoms with Gasteiger partial charge in [0.1, 0.15) is 5.82 Å². The minimum absolute atomic E-state index is 0.165. The molecule has 6 nitrogen and oxygen atoms in total. The Morgan fingerprint density at radius 3 is 2.68 bits per heavy atom. The van der Waals surface area contributed by atoms with Crippen molar-refractivity contribution in [1.82, 2.24) is 14.5 Å². The normalized spacial score (nSPS) is 25.9. The highest BCUT2D eigenvalue weighted by atomic mass is 16.5. The minimum Gasteiger partial charge on any atom is -0.378 e. The molecule has 1 aromatic heterocycles. The van der Waals surface area contributed by atoms with Crippen LogP contribution in [0.1, 0.15) is 66.6 Å². The van der Waals surface area contributed by atoms with E-state index in [1.165, 1.54) is 40.9 Å². The number of anilines is 1. The van der Waals surface area contributed by atoms with Crippen LogP contribution < -0.4 is 5.32 Å². The molecule has 1 aliphatic heterocycles. The summed E-state index contributed by atoms with van der Waals surface area (Å²) < 4.78 is 8.70. The second kappa shape index (κ2) is 9.25. The van der Waals surface area contributed by atoms with Gasteiger partial charge in [-0.2, -0.15) is 0 Å². The molecule has 194 valence electrons. The van der Waals surface area contributed by atoms with E-state index in [1.54, 1.807) is 0 Å². The highest BCUT2D eigenvalue weighted by Crippen LogP contribution is 2.43. The number of aryl methyl sites for hydroxylation is 1. The van der Waals surface area contributed by atoms with Crippen molar-refractivity contribution in [1.29, 1.82) is 0 Å². The van der Waals surface area contributed by atoms with Crippen LogP contribution in [0.4, 0.5) is 5.69 Å². The maximum atomic E-state index is 12.2. The number of hydrogen-bond donors (Lipinski definition) is 1. The van der Waals surface area contributed by atoms with Gasteiger partial charge < -0.3 is 19.5 Å². The van der Waals surface area contributed by atoms with Gasteiger partial charge in [-0.25, -0.2) is 4.98 Å². The van der Waals surface area contributed by atoms with Crippen LogP contribution in [0, 0.1) is 18.8 Å². The molecule has 0 unspecified atom stereocenters. The Bertz CT molecular complexity index is 1340. The van der Waals surface area contributed by atoms with Gasteiger partial charge >= 0.3 is 0 Å². The molecular weight excluding hydrogens is 460 g/mol. The number of imidazole rings is 1. The average molecular weight is 499 g/mol. The Morgan fingerprint density at radius 1 is 1.05 bits per heavy atom. The number of carbonyl (C=O) groups is 1. The Hall–Kier alpha value is -2.70. The maximum Gasteiger partial charge on any atom is 0.227 e. The first-order chi connectivity index (χ1) is 18.1. The standard InChI is InChI=1S/C31H38N4O2/c1-19-3-10-27-26(13-19)33-30(21-4-5-21)35(27)28-11-12-34(18-29(28)37-2)17-20-14-23-8-9-25(16-24(23)15-20)32-31(36)22-6-7-22/h3,8-10,13,16,20-22,28-29H,4-7,11-12,14-15,17-18H2,1-2H3,(H,32,36)/t20-,28-,29-/m1/s1. The summed E-state index contributed by atoms with van der Waals surface area (Å²) in [6.45, 7) is 5.31. The summed E-state index contributed by atoms with van der Waals surface area (Å²) >= 11 is 0. The number of amides is 1. The molecule has 3 fully saturated rings. The van der Waals surface area contributed by atoms with E-state index in [-0.39, 0.29) is 17.9 Å². The number of aromatic nitrogens is 2. The van der Waals surface area contributed by atoms with Crippen molar-refractivity contribution >= 4 is 22.6 Å². The lowest BCUT2D eigenvalue weighted by Crippen LogP contribution is -2.47. The number of likely N-dealkylation sites (tertiary alicyclic amines) is 1. The number of methoxy groups -OCH3 is 1. The van der Waals surface area contributed by atoms with E-state index in [0.29, 0.717) is 17.9 Å². The van der Waals surface area contributed by atoms with E-state index in [9.17, 15) is 4.79 Å². The lowest BCUT2D eigenvalue weighted by atomic mass is 9.98. The van der Waals surface area contributed by atoms with Crippen LogP contribution >= 0.6 is 0 Å².